The molecule has 0 saturated heterocycles. The Morgan fingerprint density at radius 3 is 2.52 bits per heavy atom. The van der Waals surface area contributed by atoms with Gasteiger partial charge in [0.25, 0.3) is 0 Å². The summed E-state index contributed by atoms with van der Waals surface area (Å²) in [4.78, 5) is 12.0. The van der Waals surface area contributed by atoms with E-state index in [2.05, 4.69) is 32.9 Å². The molecule has 0 amide bonds. The van der Waals surface area contributed by atoms with Crippen molar-refractivity contribution in [3.63, 3.8) is 0 Å². The highest BCUT2D eigenvalue weighted by atomic mass is 16.5. The number of rotatable bonds is 8. The van der Waals surface area contributed by atoms with Crippen LogP contribution >= 0.6 is 0 Å². The van der Waals surface area contributed by atoms with Gasteiger partial charge in [0.05, 0.1) is 6.10 Å². The van der Waals surface area contributed by atoms with Crippen LogP contribution in [-0.2, 0) is 12.8 Å². The van der Waals surface area contributed by atoms with Crippen molar-refractivity contribution in [1.29, 1.82) is 0 Å². The lowest BCUT2D eigenvalue weighted by atomic mass is 9.83. The predicted molar refractivity (Wildman–Crippen MR) is 118 cm³/mol. The lowest BCUT2D eigenvalue weighted by Gasteiger charge is -2.41. The standard InChI is InChI=1S/C25H36O4/c1-7-19-20(18(5)26)14-22(27)21-15-23(28)25(6,29-24(19)21)13-9-12-17(4)11-8-10-16(2)3/h10,12,14,23,27-28H,7-9,11,13,15H2,1-6H3/b17-12+. The van der Waals surface area contributed by atoms with Crippen molar-refractivity contribution >= 4 is 5.78 Å². The molecule has 2 unspecified atom stereocenters. The molecular formula is C25H36O4. The fourth-order valence-electron chi connectivity index (χ4n) is 3.94. The average Bonchev–Trinajstić information content (AvgIpc) is 2.63. The van der Waals surface area contributed by atoms with E-state index < -0.39 is 11.7 Å². The van der Waals surface area contributed by atoms with E-state index in [0.717, 1.165) is 24.8 Å². The summed E-state index contributed by atoms with van der Waals surface area (Å²) < 4.78 is 6.32. The molecule has 1 aromatic rings. The summed E-state index contributed by atoms with van der Waals surface area (Å²) in [5.74, 6) is 0.513. The number of allylic oxidation sites excluding steroid dienone is 4. The van der Waals surface area contributed by atoms with Gasteiger partial charge >= 0.3 is 0 Å². The van der Waals surface area contributed by atoms with Crippen LogP contribution in [-0.4, -0.2) is 27.7 Å². The number of carbonyl (C=O) groups excluding carboxylic acids is 1. The second-order valence-electron chi connectivity index (χ2n) is 8.68. The summed E-state index contributed by atoms with van der Waals surface area (Å²) in [6, 6.07) is 1.51. The van der Waals surface area contributed by atoms with Crippen LogP contribution in [0.1, 0.15) is 88.7 Å². The number of carbonyl (C=O) groups is 1. The first-order valence-corrected chi connectivity index (χ1v) is 10.6. The van der Waals surface area contributed by atoms with Gasteiger partial charge in [0.2, 0.25) is 0 Å². The van der Waals surface area contributed by atoms with Crippen LogP contribution in [0.3, 0.4) is 0 Å². The number of aromatic hydroxyl groups is 1. The monoisotopic (exact) mass is 400 g/mol. The molecule has 4 heteroatoms. The van der Waals surface area contributed by atoms with Crippen molar-refractivity contribution in [3.8, 4) is 11.5 Å². The van der Waals surface area contributed by atoms with Crippen LogP contribution in [0.4, 0.5) is 0 Å². The van der Waals surface area contributed by atoms with E-state index in [1.807, 2.05) is 13.8 Å². The highest BCUT2D eigenvalue weighted by molar-refractivity contribution is 5.97. The van der Waals surface area contributed by atoms with Crippen LogP contribution < -0.4 is 4.74 Å². The number of ketones is 1. The average molecular weight is 401 g/mol. The zero-order valence-electron chi connectivity index (χ0n) is 18.8. The largest absolute Gasteiger partial charge is 0.508 e. The Balaban J connectivity index is 2.20. The van der Waals surface area contributed by atoms with Crippen molar-refractivity contribution in [1.82, 2.24) is 0 Å². The predicted octanol–water partition coefficient (Wildman–Crippen LogP) is 5.68. The Bertz CT molecular complexity index is 815. The molecule has 1 heterocycles. The topological polar surface area (TPSA) is 66.8 Å². The molecule has 2 N–H and O–H groups in total. The Labute approximate surface area is 175 Å². The molecule has 1 aromatic carbocycles. The minimum Gasteiger partial charge on any atom is -0.508 e. The number of aliphatic hydroxyl groups excluding tert-OH is 1. The normalized spacial score (nSPS) is 21.3. The SMILES string of the molecule is CCc1c(C(C)=O)cc(O)c2c1OC(C)(CC/C=C(\C)CCC=C(C)C)C(O)C2. The summed E-state index contributed by atoms with van der Waals surface area (Å²) in [6.45, 7) is 11.8. The number of phenols is 1. The molecule has 2 rings (SSSR count). The summed E-state index contributed by atoms with van der Waals surface area (Å²) >= 11 is 0. The Morgan fingerprint density at radius 2 is 1.93 bits per heavy atom. The van der Waals surface area contributed by atoms with Crippen LogP contribution in [0.5, 0.6) is 11.5 Å². The van der Waals surface area contributed by atoms with Crippen molar-refractivity contribution in [2.75, 3.05) is 0 Å². The summed E-state index contributed by atoms with van der Waals surface area (Å²) in [6.07, 6.45) is 8.26. The van der Waals surface area contributed by atoms with E-state index in [4.69, 9.17) is 4.74 Å². The van der Waals surface area contributed by atoms with Crippen LogP contribution in [0, 0.1) is 0 Å². The molecule has 0 fully saturated rings. The van der Waals surface area contributed by atoms with Crippen LogP contribution in [0.2, 0.25) is 0 Å². The molecule has 160 valence electrons. The third-order valence-corrected chi connectivity index (χ3v) is 5.86. The second kappa shape index (κ2) is 9.62. The zero-order valence-corrected chi connectivity index (χ0v) is 18.8. The molecule has 1 aliphatic heterocycles. The zero-order chi connectivity index (χ0) is 21.8. The number of hydrogen-bond donors (Lipinski definition) is 2. The second-order valence-corrected chi connectivity index (χ2v) is 8.68. The lowest BCUT2D eigenvalue weighted by Crippen LogP contribution is -2.49. The number of phenolic OH excluding ortho intramolecular Hbond substituents is 1. The molecule has 0 saturated carbocycles. The quantitative estimate of drug-likeness (QED) is 0.435. The molecule has 1 aliphatic rings. The van der Waals surface area contributed by atoms with E-state index in [1.165, 1.54) is 24.1 Å². The van der Waals surface area contributed by atoms with E-state index in [1.54, 1.807) is 0 Å². The third-order valence-electron chi connectivity index (χ3n) is 5.86. The van der Waals surface area contributed by atoms with Crippen LogP contribution in [0.15, 0.2) is 29.4 Å². The number of Topliss-reactive ketones (excluding diaryl/α,β-unsaturated/α-hetero) is 1. The highest BCUT2D eigenvalue weighted by Crippen LogP contribution is 2.44. The fourth-order valence-corrected chi connectivity index (χ4v) is 3.94. The van der Waals surface area contributed by atoms with Gasteiger partial charge in [-0.15, -0.1) is 0 Å². The summed E-state index contributed by atoms with van der Waals surface area (Å²) in [5, 5.41) is 21.2. The Morgan fingerprint density at radius 1 is 1.24 bits per heavy atom. The van der Waals surface area contributed by atoms with Gasteiger partial charge in [-0.2, -0.15) is 0 Å². The van der Waals surface area contributed by atoms with Gasteiger partial charge in [-0.1, -0.05) is 30.2 Å². The van der Waals surface area contributed by atoms with Gasteiger partial charge in [-0.25, -0.2) is 0 Å². The molecule has 0 radical (unpaired) electrons. The molecule has 0 aromatic heterocycles. The van der Waals surface area contributed by atoms with Crippen molar-refractivity contribution in [2.45, 2.75) is 91.8 Å². The number of fused-ring (bicyclic) bond motifs is 1. The molecule has 0 bridgehead atoms. The van der Waals surface area contributed by atoms with Gasteiger partial charge < -0.3 is 14.9 Å². The molecule has 4 nitrogen and oxygen atoms in total. The Kier molecular flexibility index (Phi) is 7.70. The molecule has 2 atom stereocenters. The molecule has 0 spiro atoms. The van der Waals surface area contributed by atoms with Gasteiger partial charge in [-0.05, 0) is 72.8 Å². The van der Waals surface area contributed by atoms with Crippen molar-refractivity contribution in [3.05, 3.63) is 46.1 Å². The molecule has 0 aliphatic carbocycles. The first-order valence-electron chi connectivity index (χ1n) is 10.6. The van der Waals surface area contributed by atoms with Gasteiger partial charge in [0, 0.05) is 23.1 Å². The maximum atomic E-state index is 12.0. The van der Waals surface area contributed by atoms with Gasteiger partial charge in [-0.3, -0.25) is 4.79 Å². The molecule has 29 heavy (non-hydrogen) atoms. The van der Waals surface area contributed by atoms with E-state index in [9.17, 15) is 15.0 Å². The van der Waals surface area contributed by atoms with E-state index in [-0.39, 0.29) is 11.5 Å². The maximum absolute atomic E-state index is 12.0. The summed E-state index contributed by atoms with van der Waals surface area (Å²) in [7, 11) is 0. The molecular weight excluding hydrogens is 364 g/mol. The third kappa shape index (κ3) is 5.51. The smallest absolute Gasteiger partial charge is 0.160 e. The number of benzene rings is 1. The number of hydrogen-bond acceptors (Lipinski definition) is 4. The van der Waals surface area contributed by atoms with Gasteiger partial charge in [0.1, 0.15) is 17.1 Å². The van der Waals surface area contributed by atoms with Crippen LogP contribution in [0.25, 0.3) is 0 Å². The summed E-state index contributed by atoms with van der Waals surface area (Å²) in [5.41, 5.74) is 3.83. The first-order chi connectivity index (χ1) is 13.6. The lowest BCUT2D eigenvalue weighted by molar-refractivity contribution is -0.0598. The minimum absolute atomic E-state index is 0.0264. The van der Waals surface area contributed by atoms with Gasteiger partial charge in [0.15, 0.2) is 5.78 Å². The van der Waals surface area contributed by atoms with E-state index in [0.29, 0.717) is 36.1 Å². The first kappa shape index (κ1) is 23.2. The number of aliphatic hydroxyl groups is 1. The fraction of sp³-hybridized carbons (Fsp3) is 0.560. The van der Waals surface area contributed by atoms with E-state index >= 15 is 0 Å². The van der Waals surface area contributed by atoms with Crippen molar-refractivity contribution < 1.29 is 19.7 Å². The number of ether oxygens (including phenoxy) is 1. The Hall–Kier alpha value is -2.07. The highest BCUT2D eigenvalue weighted by Gasteiger charge is 2.41. The minimum atomic E-state index is -0.755. The van der Waals surface area contributed by atoms with Crippen molar-refractivity contribution in [2.24, 2.45) is 0 Å². The maximum Gasteiger partial charge on any atom is 0.160 e.